The minimum absolute atomic E-state index is 0.140. The van der Waals surface area contributed by atoms with Crippen molar-refractivity contribution in [1.82, 2.24) is 15.1 Å². The topological polar surface area (TPSA) is 70.3 Å². The summed E-state index contributed by atoms with van der Waals surface area (Å²) in [5.41, 5.74) is 0.888. The van der Waals surface area contributed by atoms with Crippen LogP contribution in [0.3, 0.4) is 0 Å². The highest BCUT2D eigenvalue weighted by Crippen LogP contribution is 2.20. The van der Waals surface area contributed by atoms with E-state index in [-0.39, 0.29) is 12.0 Å². The number of ether oxygens (including phenoxy) is 1. The maximum absolute atomic E-state index is 12.5. The number of nitrogens with zero attached hydrogens (tertiary/aromatic N) is 3. The Morgan fingerprint density at radius 1 is 1.21 bits per heavy atom. The van der Waals surface area contributed by atoms with Gasteiger partial charge in [-0.05, 0) is 31.9 Å². The summed E-state index contributed by atoms with van der Waals surface area (Å²) in [6.07, 6.45) is 1.59. The van der Waals surface area contributed by atoms with E-state index in [0.29, 0.717) is 26.2 Å². The number of piperazine rings is 1. The molecule has 1 amide bonds. The molecule has 28 heavy (non-hydrogen) atoms. The number of fused-ring (bicyclic) bond motifs is 1. The first-order valence-electron chi connectivity index (χ1n) is 10.2. The number of carbonyl (C=O) groups is 1. The van der Waals surface area contributed by atoms with Crippen LogP contribution in [0.25, 0.3) is 11.0 Å². The highest BCUT2D eigenvalue weighted by Gasteiger charge is 2.30. The Morgan fingerprint density at radius 3 is 2.71 bits per heavy atom. The molecule has 1 atom stereocenters. The monoisotopic (exact) mass is 384 g/mol. The van der Waals surface area contributed by atoms with Gasteiger partial charge in [0, 0.05) is 44.7 Å². The molecule has 2 fully saturated rings. The largest absolute Gasteiger partial charge is 0.459 e. The smallest absolute Gasteiger partial charge is 0.251 e. The summed E-state index contributed by atoms with van der Waals surface area (Å²) in [5.74, 6) is 1.86. The summed E-state index contributed by atoms with van der Waals surface area (Å²) >= 11 is 0. The Kier molecular flexibility index (Phi) is 5.81. The van der Waals surface area contributed by atoms with E-state index in [2.05, 4.69) is 17.1 Å². The number of carbonyl (C=O) groups excluding carboxylic acids is 1. The van der Waals surface area contributed by atoms with Crippen LogP contribution in [-0.2, 0) is 16.1 Å². The first kappa shape index (κ1) is 18.8. The third-order valence-corrected chi connectivity index (χ3v) is 5.29. The van der Waals surface area contributed by atoms with Gasteiger partial charge in [0.1, 0.15) is 24.0 Å². The maximum atomic E-state index is 12.5. The summed E-state index contributed by atoms with van der Waals surface area (Å²) in [4.78, 5) is 21.4. The van der Waals surface area contributed by atoms with Crippen LogP contribution >= 0.6 is 0 Å². The van der Waals surface area contributed by atoms with Crippen LogP contribution in [0.15, 0.2) is 39.7 Å². The molecule has 3 heterocycles. The van der Waals surface area contributed by atoms with Gasteiger partial charge in [0.15, 0.2) is 5.96 Å². The van der Waals surface area contributed by atoms with Crippen LogP contribution in [0.4, 0.5) is 0 Å². The fraction of sp³-hybridized carbons (Fsp3) is 0.524. The van der Waals surface area contributed by atoms with Crippen molar-refractivity contribution in [3.8, 4) is 0 Å². The van der Waals surface area contributed by atoms with Gasteiger partial charge in [-0.2, -0.15) is 0 Å². The lowest BCUT2D eigenvalue weighted by atomic mass is 10.2. The van der Waals surface area contributed by atoms with Gasteiger partial charge in [-0.1, -0.05) is 18.2 Å². The molecule has 0 saturated carbocycles. The maximum Gasteiger partial charge on any atom is 0.251 e. The Balaban J connectivity index is 1.37. The highest BCUT2D eigenvalue weighted by atomic mass is 16.5. The predicted molar refractivity (Wildman–Crippen MR) is 108 cm³/mol. The fourth-order valence-corrected chi connectivity index (χ4v) is 3.81. The lowest BCUT2D eigenvalue weighted by Crippen LogP contribution is -2.55. The van der Waals surface area contributed by atoms with Crippen molar-refractivity contribution < 1.29 is 13.9 Å². The molecule has 0 spiro atoms. The summed E-state index contributed by atoms with van der Waals surface area (Å²) < 4.78 is 11.4. The van der Waals surface area contributed by atoms with Gasteiger partial charge >= 0.3 is 0 Å². The lowest BCUT2D eigenvalue weighted by molar-refractivity contribution is -0.142. The van der Waals surface area contributed by atoms with E-state index in [1.165, 1.54) is 0 Å². The summed E-state index contributed by atoms with van der Waals surface area (Å²) in [7, 11) is 0. The lowest BCUT2D eigenvalue weighted by Gasteiger charge is -2.37. The van der Waals surface area contributed by atoms with Crippen LogP contribution in [-0.4, -0.2) is 67.1 Å². The summed E-state index contributed by atoms with van der Waals surface area (Å²) in [6.45, 7) is 7.00. The van der Waals surface area contributed by atoms with E-state index in [9.17, 15) is 4.79 Å². The number of benzene rings is 1. The predicted octanol–water partition coefficient (Wildman–Crippen LogP) is 2.22. The molecule has 2 saturated heterocycles. The number of hydrogen-bond donors (Lipinski definition) is 1. The Bertz CT molecular complexity index is 800. The highest BCUT2D eigenvalue weighted by molar-refractivity contribution is 5.83. The van der Waals surface area contributed by atoms with E-state index in [1.54, 1.807) is 0 Å². The molecule has 1 unspecified atom stereocenters. The first-order valence-corrected chi connectivity index (χ1v) is 10.2. The zero-order valence-corrected chi connectivity index (χ0v) is 16.4. The van der Waals surface area contributed by atoms with Crippen LogP contribution in [0.1, 0.15) is 25.5 Å². The van der Waals surface area contributed by atoms with Crippen molar-refractivity contribution in [2.75, 3.05) is 39.3 Å². The second-order valence-electron chi connectivity index (χ2n) is 7.23. The molecule has 0 radical (unpaired) electrons. The first-order chi connectivity index (χ1) is 13.7. The number of aliphatic imine (C=N–C) groups is 1. The van der Waals surface area contributed by atoms with Crippen molar-refractivity contribution in [3.63, 3.8) is 0 Å². The average molecular weight is 384 g/mol. The van der Waals surface area contributed by atoms with E-state index in [4.69, 9.17) is 14.1 Å². The molecular weight excluding hydrogens is 356 g/mol. The van der Waals surface area contributed by atoms with Crippen molar-refractivity contribution >= 4 is 22.8 Å². The molecule has 0 aliphatic carbocycles. The number of amides is 1. The van der Waals surface area contributed by atoms with Crippen LogP contribution in [0.2, 0.25) is 0 Å². The van der Waals surface area contributed by atoms with E-state index >= 15 is 0 Å². The molecule has 2 aliphatic heterocycles. The van der Waals surface area contributed by atoms with E-state index in [1.807, 2.05) is 35.2 Å². The van der Waals surface area contributed by atoms with Crippen molar-refractivity contribution in [2.24, 2.45) is 4.99 Å². The zero-order valence-electron chi connectivity index (χ0n) is 16.4. The van der Waals surface area contributed by atoms with E-state index in [0.717, 1.165) is 55.2 Å². The molecule has 150 valence electrons. The second kappa shape index (κ2) is 8.65. The molecular formula is C21H28N4O3. The quantitative estimate of drug-likeness (QED) is 0.647. The Hall–Kier alpha value is -2.54. The van der Waals surface area contributed by atoms with E-state index < -0.39 is 0 Å². The third kappa shape index (κ3) is 4.14. The van der Waals surface area contributed by atoms with Gasteiger partial charge in [0.2, 0.25) is 0 Å². The summed E-state index contributed by atoms with van der Waals surface area (Å²) in [5, 5.41) is 4.46. The van der Waals surface area contributed by atoms with Crippen LogP contribution in [0.5, 0.6) is 0 Å². The molecule has 2 aliphatic rings. The second-order valence-corrected chi connectivity index (χ2v) is 7.23. The fourth-order valence-electron chi connectivity index (χ4n) is 3.81. The van der Waals surface area contributed by atoms with Crippen LogP contribution in [0, 0.1) is 0 Å². The van der Waals surface area contributed by atoms with Crippen molar-refractivity contribution in [2.45, 2.75) is 32.4 Å². The third-order valence-electron chi connectivity index (χ3n) is 5.29. The van der Waals surface area contributed by atoms with Gasteiger partial charge in [-0.15, -0.1) is 0 Å². The molecule has 4 rings (SSSR count). The van der Waals surface area contributed by atoms with Gasteiger partial charge in [-0.3, -0.25) is 4.79 Å². The number of hydrogen-bond acceptors (Lipinski definition) is 4. The van der Waals surface area contributed by atoms with Gasteiger partial charge in [0.05, 0.1) is 0 Å². The van der Waals surface area contributed by atoms with Crippen LogP contribution < -0.4 is 5.32 Å². The number of guanidine groups is 1. The molecule has 1 aromatic carbocycles. The standard InChI is InChI=1S/C21H28N4O3/c1-2-22-21(23-15-17-14-16-6-3-4-7-18(16)28-17)25-11-9-24(10-12-25)20(26)19-8-5-13-27-19/h3-4,6-7,14,19H,2,5,8-13,15H2,1H3,(H,22,23). The Labute approximate surface area is 165 Å². The molecule has 2 aromatic rings. The zero-order chi connectivity index (χ0) is 19.3. The molecule has 0 bridgehead atoms. The van der Waals surface area contributed by atoms with Gasteiger partial charge in [0.25, 0.3) is 5.91 Å². The number of nitrogens with one attached hydrogen (secondary N) is 1. The summed E-state index contributed by atoms with van der Waals surface area (Å²) in [6, 6.07) is 10.0. The number of furan rings is 1. The minimum atomic E-state index is -0.235. The Morgan fingerprint density at radius 2 is 2.00 bits per heavy atom. The van der Waals surface area contributed by atoms with Gasteiger partial charge < -0.3 is 24.3 Å². The molecule has 1 N–H and O–H groups in total. The SMILES string of the molecule is CCNC(=NCc1cc2ccccc2o1)N1CCN(C(=O)C2CCCO2)CC1. The van der Waals surface area contributed by atoms with Crippen molar-refractivity contribution in [3.05, 3.63) is 36.1 Å². The normalized spacial score (nSPS) is 20.8. The molecule has 7 nitrogen and oxygen atoms in total. The number of rotatable bonds is 4. The number of para-hydroxylation sites is 1. The van der Waals surface area contributed by atoms with Crippen molar-refractivity contribution in [1.29, 1.82) is 0 Å². The minimum Gasteiger partial charge on any atom is -0.459 e. The molecule has 7 heteroatoms. The van der Waals surface area contributed by atoms with Gasteiger partial charge in [-0.25, -0.2) is 4.99 Å². The average Bonchev–Trinajstić information content (AvgIpc) is 3.40. The molecule has 1 aromatic heterocycles.